The monoisotopic (exact) mass is 490 g/mol. The number of ether oxygens (including phenoxy) is 6. The summed E-state index contributed by atoms with van der Waals surface area (Å²) < 4.78 is 36.5. The van der Waals surface area contributed by atoms with Crippen LogP contribution in [-0.4, -0.2) is 49.9 Å². The summed E-state index contributed by atoms with van der Waals surface area (Å²) in [6.07, 6.45) is -2.91. The van der Waals surface area contributed by atoms with Crippen LogP contribution < -0.4 is 0 Å². The second-order valence-corrected chi connectivity index (χ2v) is 8.92. The Morgan fingerprint density at radius 2 is 1.22 bits per heavy atom. The van der Waals surface area contributed by atoms with Gasteiger partial charge in [-0.3, -0.25) is 0 Å². The second-order valence-electron chi connectivity index (χ2n) is 8.92. The number of carbonyl (C=O) groups is 1. The van der Waals surface area contributed by atoms with Gasteiger partial charge in [0.25, 0.3) is 0 Å². The zero-order chi connectivity index (χ0) is 24.8. The first-order valence-electron chi connectivity index (χ1n) is 12.0. The van der Waals surface area contributed by atoms with Crippen LogP contribution in [0.15, 0.2) is 91.0 Å². The van der Waals surface area contributed by atoms with Gasteiger partial charge in [-0.15, -0.1) is 0 Å². The summed E-state index contributed by atoms with van der Waals surface area (Å²) in [6, 6.07) is 29.4. The highest BCUT2D eigenvalue weighted by molar-refractivity contribution is 5.81. The molecule has 5 unspecified atom stereocenters. The highest BCUT2D eigenvalue weighted by Crippen LogP contribution is 2.42. The van der Waals surface area contributed by atoms with Gasteiger partial charge in [0.05, 0.1) is 33.5 Å². The Morgan fingerprint density at radius 1 is 0.750 bits per heavy atom. The van der Waals surface area contributed by atoms with E-state index >= 15 is 0 Å². The minimum Gasteiger partial charge on any atom is -0.467 e. The van der Waals surface area contributed by atoms with E-state index in [4.69, 9.17) is 28.4 Å². The summed E-state index contributed by atoms with van der Waals surface area (Å²) in [4.78, 5) is 13.1. The van der Waals surface area contributed by atoms with Crippen LogP contribution in [0.1, 0.15) is 16.7 Å². The molecule has 2 saturated heterocycles. The molecule has 3 aromatic carbocycles. The number of carbonyl (C=O) groups excluding carboxylic acids is 1. The Bertz CT molecular complexity index is 1110. The van der Waals surface area contributed by atoms with Crippen molar-refractivity contribution in [2.45, 2.75) is 50.0 Å². The smallest absolute Gasteiger partial charge is 0.343 e. The number of hydrogen-bond acceptors (Lipinski definition) is 7. The summed E-state index contributed by atoms with van der Waals surface area (Å²) >= 11 is 0. The minimum absolute atomic E-state index is 0.0137. The number of methoxy groups -OCH3 is 1. The molecule has 2 heterocycles. The molecule has 7 nitrogen and oxygen atoms in total. The lowest BCUT2D eigenvalue weighted by Crippen LogP contribution is -2.66. The van der Waals surface area contributed by atoms with Gasteiger partial charge in [-0.2, -0.15) is 0 Å². The van der Waals surface area contributed by atoms with Gasteiger partial charge in [-0.1, -0.05) is 91.0 Å². The van der Waals surface area contributed by atoms with E-state index in [1.807, 2.05) is 91.0 Å². The van der Waals surface area contributed by atoms with Gasteiger partial charge in [-0.25, -0.2) is 4.79 Å². The van der Waals surface area contributed by atoms with Crippen molar-refractivity contribution in [2.75, 3.05) is 13.7 Å². The number of rotatable bonds is 10. The molecule has 0 amide bonds. The number of hydrogen-bond donors (Lipinski definition) is 0. The molecule has 2 aliphatic rings. The summed E-state index contributed by atoms with van der Waals surface area (Å²) in [6.45, 7) is 0.886. The van der Waals surface area contributed by atoms with E-state index in [9.17, 15) is 4.79 Å². The Hall–Kier alpha value is -3.07. The van der Waals surface area contributed by atoms with Gasteiger partial charge in [0.2, 0.25) is 5.60 Å². The lowest BCUT2D eigenvalue weighted by molar-refractivity contribution is -0.292. The second kappa shape index (κ2) is 11.3. The van der Waals surface area contributed by atoms with Crippen LogP contribution in [0.2, 0.25) is 0 Å². The zero-order valence-corrected chi connectivity index (χ0v) is 20.2. The maximum absolute atomic E-state index is 13.1. The molecule has 3 aromatic rings. The molecule has 7 heteroatoms. The Balaban J connectivity index is 1.44. The zero-order valence-electron chi connectivity index (χ0n) is 20.2. The molecular formula is C29H30O7. The summed E-state index contributed by atoms with van der Waals surface area (Å²) in [5.41, 5.74) is 1.50. The van der Waals surface area contributed by atoms with E-state index in [-0.39, 0.29) is 13.2 Å². The summed E-state index contributed by atoms with van der Waals surface area (Å²) in [5.74, 6) is -0.558. The predicted molar refractivity (Wildman–Crippen MR) is 131 cm³/mol. The van der Waals surface area contributed by atoms with E-state index in [0.29, 0.717) is 13.2 Å². The van der Waals surface area contributed by atoms with Crippen molar-refractivity contribution in [1.82, 2.24) is 0 Å². The first kappa shape index (κ1) is 24.6. The molecule has 0 N–H and O–H groups in total. The third kappa shape index (κ3) is 5.21. The van der Waals surface area contributed by atoms with Crippen molar-refractivity contribution in [2.24, 2.45) is 0 Å². The molecule has 5 atom stereocenters. The molecule has 2 fully saturated rings. The van der Waals surface area contributed by atoms with Crippen LogP contribution in [0.3, 0.4) is 0 Å². The average Bonchev–Trinajstić information content (AvgIpc) is 3.34. The standard InChI is InChI=1S/C29H30O7/c1-31-28(30)29-20-35-27(36-29)25(33-18-22-13-7-3-8-14-22)24(32-17-21-11-5-2-6-12-21)26(29)34-19-23-15-9-4-10-16-23/h2-16,24-27H,17-20H2,1H3. The van der Waals surface area contributed by atoms with Crippen molar-refractivity contribution in [3.63, 3.8) is 0 Å². The SMILES string of the molecule is COC(=O)C12COC(O1)C(OCc1ccccc1)C(OCc1ccccc1)C2OCc1ccccc1. The first-order valence-corrected chi connectivity index (χ1v) is 12.0. The van der Waals surface area contributed by atoms with Crippen molar-refractivity contribution in [3.05, 3.63) is 108 Å². The lowest BCUT2D eigenvalue weighted by atomic mass is 9.88. The molecule has 0 aliphatic carbocycles. The van der Waals surface area contributed by atoms with Crippen molar-refractivity contribution < 1.29 is 33.2 Å². The number of fused-ring (bicyclic) bond motifs is 2. The van der Waals surface area contributed by atoms with E-state index in [1.54, 1.807) is 0 Å². The Kier molecular flexibility index (Phi) is 7.75. The van der Waals surface area contributed by atoms with Crippen molar-refractivity contribution in [3.8, 4) is 0 Å². The molecule has 2 bridgehead atoms. The molecule has 188 valence electrons. The maximum Gasteiger partial charge on any atom is 0.343 e. The van der Waals surface area contributed by atoms with E-state index in [0.717, 1.165) is 16.7 Å². The normalized spacial score (nSPS) is 27.0. The molecule has 0 aromatic heterocycles. The molecule has 0 radical (unpaired) electrons. The molecule has 5 rings (SSSR count). The van der Waals surface area contributed by atoms with Gasteiger partial charge >= 0.3 is 5.97 Å². The third-order valence-corrected chi connectivity index (χ3v) is 6.51. The van der Waals surface area contributed by atoms with Gasteiger partial charge in [-0.05, 0) is 16.7 Å². The van der Waals surface area contributed by atoms with Crippen molar-refractivity contribution in [1.29, 1.82) is 0 Å². The fraction of sp³-hybridized carbons (Fsp3) is 0.345. The fourth-order valence-corrected chi connectivity index (χ4v) is 4.66. The molecule has 0 saturated carbocycles. The topological polar surface area (TPSA) is 72.5 Å². The Morgan fingerprint density at radius 3 is 1.72 bits per heavy atom. The first-order chi connectivity index (χ1) is 17.7. The molecule has 2 aliphatic heterocycles. The predicted octanol–water partition coefficient (Wildman–Crippen LogP) is 4.04. The van der Waals surface area contributed by atoms with Crippen LogP contribution in [0.25, 0.3) is 0 Å². The van der Waals surface area contributed by atoms with Gasteiger partial charge in [0.1, 0.15) is 18.3 Å². The number of benzene rings is 3. The Labute approximate surface area is 210 Å². The molecule has 36 heavy (non-hydrogen) atoms. The van der Waals surface area contributed by atoms with E-state index in [1.165, 1.54) is 7.11 Å². The third-order valence-electron chi connectivity index (χ3n) is 6.51. The number of esters is 1. The van der Waals surface area contributed by atoms with E-state index < -0.39 is 36.2 Å². The van der Waals surface area contributed by atoms with Gasteiger partial charge in [0, 0.05) is 0 Å². The fourth-order valence-electron chi connectivity index (χ4n) is 4.66. The van der Waals surface area contributed by atoms with Gasteiger partial charge in [0.15, 0.2) is 6.29 Å². The van der Waals surface area contributed by atoms with Crippen LogP contribution in [-0.2, 0) is 53.0 Å². The van der Waals surface area contributed by atoms with Crippen LogP contribution in [0.4, 0.5) is 0 Å². The van der Waals surface area contributed by atoms with Crippen molar-refractivity contribution >= 4 is 5.97 Å². The summed E-state index contributed by atoms with van der Waals surface area (Å²) in [5, 5.41) is 0. The van der Waals surface area contributed by atoms with Crippen LogP contribution in [0, 0.1) is 0 Å². The highest BCUT2D eigenvalue weighted by Gasteiger charge is 2.66. The van der Waals surface area contributed by atoms with Crippen LogP contribution >= 0.6 is 0 Å². The minimum atomic E-state index is -1.46. The maximum atomic E-state index is 13.1. The van der Waals surface area contributed by atoms with Crippen LogP contribution in [0.5, 0.6) is 0 Å². The average molecular weight is 491 g/mol. The van der Waals surface area contributed by atoms with E-state index in [2.05, 4.69) is 0 Å². The molecule has 0 spiro atoms. The summed E-state index contributed by atoms with van der Waals surface area (Å²) in [7, 11) is 1.33. The quantitative estimate of drug-likeness (QED) is 0.397. The molecular weight excluding hydrogens is 460 g/mol. The van der Waals surface area contributed by atoms with Gasteiger partial charge < -0.3 is 28.4 Å². The lowest BCUT2D eigenvalue weighted by Gasteiger charge is -2.44. The highest BCUT2D eigenvalue weighted by atomic mass is 16.8. The largest absolute Gasteiger partial charge is 0.467 e.